The average Bonchev–Trinajstić information content (AvgIpc) is 2.91. The first-order chi connectivity index (χ1) is 11.2. The van der Waals surface area contributed by atoms with Crippen LogP contribution in [0.2, 0.25) is 0 Å². The van der Waals surface area contributed by atoms with Gasteiger partial charge in [-0.15, -0.1) is 0 Å². The highest BCUT2D eigenvalue weighted by molar-refractivity contribution is 5.76. The van der Waals surface area contributed by atoms with Crippen molar-refractivity contribution in [2.24, 2.45) is 7.05 Å². The Morgan fingerprint density at radius 3 is 2.91 bits per heavy atom. The summed E-state index contributed by atoms with van der Waals surface area (Å²) in [5, 5.41) is 13.9. The molecule has 7 heteroatoms. The van der Waals surface area contributed by atoms with E-state index in [-0.39, 0.29) is 18.2 Å². The Morgan fingerprint density at radius 2 is 2.17 bits per heavy atom. The molecule has 1 N–H and O–H groups in total. The number of piperidine rings is 1. The van der Waals surface area contributed by atoms with Crippen molar-refractivity contribution in [1.29, 1.82) is 0 Å². The van der Waals surface area contributed by atoms with Crippen LogP contribution in [0.1, 0.15) is 31.9 Å². The Morgan fingerprint density at radius 1 is 1.35 bits per heavy atom. The van der Waals surface area contributed by atoms with Gasteiger partial charge in [0.15, 0.2) is 5.52 Å². The van der Waals surface area contributed by atoms with Crippen LogP contribution in [0.25, 0.3) is 11.0 Å². The summed E-state index contributed by atoms with van der Waals surface area (Å²) in [6.45, 7) is 4.54. The Hall–Kier alpha value is -1.73. The van der Waals surface area contributed by atoms with E-state index in [0.717, 1.165) is 38.0 Å². The lowest BCUT2D eigenvalue weighted by molar-refractivity contribution is 0.0868. The standard InChI is InChI=1S/C16H25N5O2/c1-3-13-14-15(19(2)18-13)16(23)21(11-17-14)9-8-20-7-5-4-6-12(20)10-22/h11-12,22H,3-10H2,1-2H3. The summed E-state index contributed by atoms with van der Waals surface area (Å²) in [5.74, 6) is 0. The van der Waals surface area contributed by atoms with E-state index < -0.39 is 0 Å². The SMILES string of the molecule is CCc1nn(C)c2c(=O)n(CCN3CCCCC3CO)cnc12. The molecule has 0 saturated carbocycles. The zero-order chi connectivity index (χ0) is 16.4. The molecule has 1 fully saturated rings. The minimum absolute atomic E-state index is 0.0396. The second-order valence-corrected chi connectivity index (χ2v) is 6.23. The van der Waals surface area contributed by atoms with Crippen molar-refractivity contribution in [2.45, 2.75) is 45.2 Å². The molecule has 23 heavy (non-hydrogen) atoms. The molecule has 0 aliphatic carbocycles. The predicted octanol–water partition coefficient (Wildman–Crippen LogP) is 0.539. The molecule has 7 nitrogen and oxygen atoms in total. The summed E-state index contributed by atoms with van der Waals surface area (Å²) in [4.78, 5) is 19.4. The van der Waals surface area contributed by atoms with E-state index in [1.165, 1.54) is 6.42 Å². The molecule has 2 aromatic heterocycles. The van der Waals surface area contributed by atoms with Gasteiger partial charge in [-0.1, -0.05) is 13.3 Å². The Bertz CT molecular complexity index is 736. The first-order valence-corrected chi connectivity index (χ1v) is 8.41. The number of fused-ring (bicyclic) bond motifs is 1. The number of likely N-dealkylation sites (tertiary alicyclic amines) is 1. The number of hydrogen-bond donors (Lipinski definition) is 1. The van der Waals surface area contributed by atoms with Crippen LogP contribution in [-0.2, 0) is 20.0 Å². The minimum Gasteiger partial charge on any atom is -0.395 e. The molecule has 0 aromatic carbocycles. The fourth-order valence-corrected chi connectivity index (χ4v) is 3.45. The van der Waals surface area contributed by atoms with Crippen molar-refractivity contribution >= 4 is 11.0 Å². The van der Waals surface area contributed by atoms with Gasteiger partial charge in [0.25, 0.3) is 5.56 Å². The lowest BCUT2D eigenvalue weighted by atomic mass is 10.0. The van der Waals surface area contributed by atoms with Gasteiger partial charge in [0.05, 0.1) is 18.6 Å². The topological polar surface area (TPSA) is 76.2 Å². The van der Waals surface area contributed by atoms with Crippen LogP contribution >= 0.6 is 0 Å². The molecule has 1 aliphatic rings. The van der Waals surface area contributed by atoms with Crippen LogP contribution in [0.4, 0.5) is 0 Å². The van der Waals surface area contributed by atoms with Gasteiger partial charge in [0.2, 0.25) is 0 Å². The van der Waals surface area contributed by atoms with E-state index in [1.807, 2.05) is 6.92 Å². The molecule has 1 saturated heterocycles. The molecule has 126 valence electrons. The summed E-state index contributed by atoms with van der Waals surface area (Å²) >= 11 is 0. The van der Waals surface area contributed by atoms with Crippen molar-refractivity contribution in [3.63, 3.8) is 0 Å². The fourth-order valence-electron chi connectivity index (χ4n) is 3.45. The Labute approximate surface area is 135 Å². The highest BCUT2D eigenvalue weighted by Gasteiger charge is 2.21. The summed E-state index contributed by atoms with van der Waals surface area (Å²) in [6.07, 6.45) is 5.75. The summed E-state index contributed by atoms with van der Waals surface area (Å²) in [6, 6.07) is 0.222. The number of aryl methyl sites for hydroxylation is 2. The maximum Gasteiger partial charge on any atom is 0.279 e. The molecule has 3 rings (SSSR count). The van der Waals surface area contributed by atoms with E-state index in [1.54, 1.807) is 22.6 Å². The number of rotatable bonds is 5. The molecule has 0 radical (unpaired) electrons. The van der Waals surface area contributed by atoms with Gasteiger partial charge in [-0.25, -0.2) is 4.98 Å². The number of nitrogens with zero attached hydrogens (tertiary/aromatic N) is 5. The lowest BCUT2D eigenvalue weighted by Gasteiger charge is -2.34. The zero-order valence-electron chi connectivity index (χ0n) is 13.9. The van der Waals surface area contributed by atoms with Crippen LogP contribution in [0, 0.1) is 0 Å². The van der Waals surface area contributed by atoms with Gasteiger partial charge >= 0.3 is 0 Å². The molecule has 0 spiro atoms. The van der Waals surface area contributed by atoms with Gasteiger partial charge in [-0.05, 0) is 25.8 Å². The fraction of sp³-hybridized carbons (Fsp3) is 0.688. The molecule has 0 amide bonds. The highest BCUT2D eigenvalue weighted by atomic mass is 16.3. The molecular formula is C16H25N5O2. The largest absolute Gasteiger partial charge is 0.395 e. The van der Waals surface area contributed by atoms with Gasteiger partial charge in [0.1, 0.15) is 5.52 Å². The van der Waals surface area contributed by atoms with Crippen molar-refractivity contribution in [3.05, 3.63) is 22.4 Å². The van der Waals surface area contributed by atoms with E-state index in [4.69, 9.17) is 0 Å². The van der Waals surface area contributed by atoms with Crippen molar-refractivity contribution in [2.75, 3.05) is 19.7 Å². The Kier molecular flexibility index (Phi) is 4.77. The number of aromatic nitrogens is 4. The quantitative estimate of drug-likeness (QED) is 0.870. The second-order valence-electron chi connectivity index (χ2n) is 6.23. The maximum absolute atomic E-state index is 12.7. The average molecular weight is 319 g/mol. The smallest absolute Gasteiger partial charge is 0.279 e. The molecule has 0 bridgehead atoms. The molecule has 1 aliphatic heterocycles. The summed E-state index contributed by atoms with van der Waals surface area (Å²) in [7, 11) is 1.79. The molecule has 1 atom stereocenters. The van der Waals surface area contributed by atoms with E-state index in [0.29, 0.717) is 17.6 Å². The predicted molar refractivity (Wildman–Crippen MR) is 88.4 cm³/mol. The summed E-state index contributed by atoms with van der Waals surface area (Å²) in [5.41, 5.74) is 2.11. The van der Waals surface area contributed by atoms with E-state index in [2.05, 4.69) is 15.0 Å². The number of aliphatic hydroxyl groups excluding tert-OH is 1. The zero-order valence-corrected chi connectivity index (χ0v) is 13.9. The van der Waals surface area contributed by atoms with Gasteiger partial charge < -0.3 is 5.11 Å². The van der Waals surface area contributed by atoms with Gasteiger partial charge in [0, 0.05) is 26.2 Å². The monoisotopic (exact) mass is 319 g/mol. The molecule has 1 unspecified atom stereocenters. The van der Waals surface area contributed by atoms with Gasteiger partial charge in [-0.2, -0.15) is 5.10 Å². The summed E-state index contributed by atoms with van der Waals surface area (Å²) < 4.78 is 3.30. The van der Waals surface area contributed by atoms with E-state index in [9.17, 15) is 9.90 Å². The van der Waals surface area contributed by atoms with Crippen LogP contribution in [-0.4, -0.2) is 55.1 Å². The van der Waals surface area contributed by atoms with Crippen LogP contribution in [0.15, 0.2) is 11.1 Å². The first kappa shape index (κ1) is 16.1. The normalized spacial score (nSPS) is 19.5. The second kappa shape index (κ2) is 6.80. The molecule has 2 aromatic rings. The van der Waals surface area contributed by atoms with Gasteiger partial charge in [-0.3, -0.25) is 18.9 Å². The van der Waals surface area contributed by atoms with Crippen LogP contribution in [0.5, 0.6) is 0 Å². The third-order valence-corrected chi connectivity index (χ3v) is 4.80. The van der Waals surface area contributed by atoms with E-state index >= 15 is 0 Å². The van der Waals surface area contributed by atoms with Crippen molar-refractivity contribution < 1.29 is 5.11 Å². The highest BCUT2D eigenvalue weighted by Crippen LogP contribution is 2.16. The maximum atomic E-state index is 12.7. The van der Waals surface area contributed by atoms with Crippen LogP contribution in [0.3, 0.4) is 0 Å². The number of aliphatic hydroxyl groups is 1. The molecule has 3 heterocycles. The van der Waals surface area contributed by atoms with Crippen molar-refractivity contribution in [3.8, 4) is 0 Å². The third kappa shape index (κ3) is 3.03. The molecular weight excluding hydrogens is 294 g/mol. The first-order valence-electron chi connectivity index (χ1n) is 8.41. The minimum atomic E-state index is -0.0396. The number of hydrogen-bond acceptors (Lipinski definition) is 5. The van der Waals surface area contributed by atoms with Crippen molar-refractivity contribution in [1.82, 2.24) is 24.2 Å². The Balaban J connectivity index is 1.82. The third-order valence-electron chi connectivity index (χ3n) is 4.80. The van der Waals surface area contributed by atoms with Crippen LogP contribution < -0.4 is 5.56 Å². The lowest BCUT2D eigenvalue weighted by Crippen LogP contribution is -2.44.